The van der Waals surface area contributed by atoms with E-state index in [9.17, 15) is 5.26 Å². The molecule has 10 aromatic carbocycles. The number of para-hydroxylation sites is 6. The van der Waals surface area contributed by atoms with E-state index in [1.807, 2.05) is 0 Å². The van der Waals surface area contributed by atoms with Crippen molar-refractivity contribution in [1.82, 2.24) is 9.13 Å². The quantitative estimate of drug-likeness (QED) is 0.129. The van der Waals surface area contributed by atoms with Crippen LogP contribution in [0, 0.1) is 11.3 Å². The lowest BCUT2D eigenvalue weighted by atomic mass is 9.97. The van der Waals surface area contributed by atoms with Gasteiger partial charge in [0.1, 0.15) is 0 Å². The molecule has 5 heteroatoms. The topological polar surface area (TPSA) is 40.1 Å². The number of rotatable bonds is 10. The molecule has 320 valence electrons. The third kappa shape index (κ3) is 7.05. The van der Waals surface area contributed by atoms with Crippen LogP contribution in [0.3, 0.4) is 0 Å². The van der Waals surface area contributed by atoms with Gasteiger partial charge in [-0.1, -0.05) is 133 Å². The summed E-state index contributed by atoms with van der Waals surface area (Å²) in [4.78, 5) is 4.61. The van der Waals surface area contributed by atoms with Crippen molar-refractivity contribution in [2.24, 2.45) is 0 Å². The molecule has 0 N–H and O–H groups in total. The van der Waals surface area contributed by atoms with Crippen molar-refractivity contribution in [2.75, 3.05) is 9.80 Å². The molecule has 0 aliphatic rings. The molecule has 12 rings (SSSR count). The van der Waals surface area contributed by atoms with Crippen molar-refractivity contribution in [3.63, 3.8) is 0 Å². The minimum Gasteiger partial charge on any atom is -0.310 e. The Morgan fingerprint density at radius 3 is 1.00 bits per heavy atom. The molecular weight excluding hydrogens is 827 g/mol. The minimum absolute atomic E-state index is 0.869. The molecule has 5 nitrogen and oxygen atoms in total. The van der Waals surface area contributed by atoms with Crippen LogP contribution in [0.5, 0.6) is 0 Å². The van der Waals surface area contributed by atoms with Crippen LogP contribution in [0.4, 0.5) is 34.1 Å². The third-order valence-corrected chi connectivity index (χ3v) is 13.0. The van der Waals surface area contributed by atoms with E-state index in [-0.39, 0.29) is 0 Å². The highest BCUT2D eigenvalue weighted by molar-refractivity contribution is 6.12. The van der Waals surface area contributed by atoms with Crippen LogP contribution >= 0.6 is 0 Å². The van der Waals surface area contributed by atoms with Crippen molar-refractivity contribution in [2.45, 2.75) is 0 Å². The summed E-state index contributed by atoms with van der Waals surface area (Å²) >= 11 is 0. The Labute approximate surface area is 395 Å². The van der Waals surface area contributed by atoms with E-state index in [0.29, 0.717) is 0 Å². The predicted molar refractivity (Wildman–Crippen MR) is 284 cm³/mol. The van der Waals surface area contributed by atoms with Gasteiger partial charge < -0.3 is 18.9 Å². The van der Waals surface area contributed by atoms with Gasteiger partial charge >= 0.3 is 0 Å². The zero-order valence-corrected chi connectivity index (χ0v) is 37.1. The molecule has 0 saturated heterocycles. The molecule has 0 aliphatic carbocycles. The molecule has 0 radical (unpaired) electrons. The molecule has 0 spiro atoms. The van der Waals surface area contributed by atoms with Gasteiger partial charge in [-0.15, -0.1) is 0 Å². The molecule has 0 aliphatic heterocycles. The lowest BCUT2D eigenvalue weighted by Gasteiger charge is -2.25. The number of nitrogens with zero attached hydrogens (tertiary/aromatic N) is 5. The molecule has 0 fully saturated rings. The minimum atomic E-state index is 0.869. The van der Waals surface area contributed by atoms with Gasteiger partial charge in [-0.2, -0.15) is 5.26 Å². The summed E-state index contributed by atoms with van der Waals surface area (Å²) in [5, 5.41) is 14.8. The maximum atomic E-state index is 10.1. The van der Waals surface area contributed by atoms with Gasteiger partial charge in [0, 0.05) is 73.1 Å². The molecule has 0 unspecified atom stereocenters. The maximum absolute atomic E-state index is 10.1. The fraction of sp³-hybridized carbons (Fsp3) is 0. The molecule has 12 aromatic rings. The Morgan fingerprint density at radius 2 is 0.647 bits per heavy atom. The van der Waals surface area contributed by atoms with E-state index in [0.717, 1.165) is 84.3 Å². The third-order valence-electron chi connectivity index (χ3n) is 13.0. The summed E-state index contributed by atoms with van der Waals surface area (Å²) < 4.78 is 4.68. The van der Waals surface area contributed by atoms with Crippen LogP contribution in [0.25, 0.3) is 60.6 Å². The van der Waals surface area contributed by atoms with E-state index < -0.39 is 0 Å². The Kier molecular flexibility index (Phi) is 10.2. The number of hydrogen-bond acceptors (Lipinski definition) is 3. The van der Waals surface area contributed by atoms with Crippen LogP contribution in [0.15, 0.2) is 261 Å². The Hall–Kier alpha value is -9.37. The van der Waals surface area contributed by atoms with E-state index in [1.165, 1.54) is 21.5 Å². The average molecular weight is 870 g/mol. The summed E-state index contributed by atoms with van der Waals surface area (Å²) in [6.45, 7) is 0. The summed E-state index contributed by atoms with van der Waals surface area (Å²) in [6, 6.07) is 92.4. The highest BCUT2D eigenvalue weighted by atomic mass is 15.1. The van der Waals surface area contributed by atoms with Crippen LogP contribution in [0.1, 0.15) is 11.1 Å². The molecular formula is C63H43N5. The molecule has 0 saturated carbocycles. The Morgan fingerprint density at radius 1 is 0.324 bits per heavy atom. The number of allylic oxidation sites excluding steroid dienone is 1. The zero-order valence-electron chi connectivity index (χ0n) is 37.1. The number of nitriles is 1. The summed E-state index contributed by atoms with van der Waals surface area (Å²) in [7, 11) is 0. The lowest BCUT2D eigenvalue weighted by molar-refractivity contribution is 1.17. The normalized spacial score (nSPS) is 11.2. The smallest absolute Gasteiger partial charge is 0.0918 e. The summed E-state index contributed by atoms with van der Waals surface area (Å²) in [6.07, 6.45) is 1.66. The Balaban J connectivity index is 0.887. The highest BCUT2D eigenvalue weighted by Crippen LogP contribution is 2.42. The van der Waals surface area contributed by atoms with E-state index in [1.54, 1.807) is 6.08 Å². The number of benzene rings is 10. The molecule has 0 amide bonds. The first-order valence-electron chi connectivity index (χ1n) is 22.9. The number of fused-ring (bicyclic) bond motifs is 6. The van der Waals surface area contributed by atoms with Crippen LogP contribution in [-0.2, 0) is 0 Å². The monoisotopic (exact) mass is 869 g/mol. The maximum Gasteiger partial charge on any atom is 0.0918 e. The second-order valence-corrected chi connectivity index (χ2v) is 16.9. The summed E-state index contributed by atoms with van der Waals surface area (Å²) in [5.41, 5.74) is 16.0. The SMILES string of the molecule is N#CC=C(c1ccc(-n2c3ccccc3c3cc(N(c4ccccc4)c4ccccc4)ccc32)cc1)c1ccc(-n2c3ccccc3c3cc(N(c4ccccc4)c4ccccc4)ccc32)cc1. The standard InChI is InChI=1S/C63H43N5/c64-42-41-55(45-29-33-51(34-30-45)67-60-27-15-13-25-56(60)58-43-53(37-39-62(58)67)65(47-17-5-1-6-18-47)48-19-7-2-8-20-48)46-31-35-52(36-32-46)68-61-28-16-14-26-57(61)59-44-54(38-40-63(59)68)66(49-21-9-3-10-22-49)50-23-11-4-12-24-50/h1-41,43-44H. The van der Waals surface area contributed by atoms with Gasteiger partial charge in [0.05, 0.1) is 28.1 Å². The average Bonchev–Trinajstić information content (AvgIpc) is 3.92. The lowest BCUT2D eigenvalue weighted by Crippen LogP contribution is -2.09. The molecule has 2 aromatic heterocycles. The van der Waals surface area contributed by atoms with Crippen LogP contribution in [0.2, 0.25) is 0 Å². The predicted octanol–water partition coefficient (Wildman–Crippen LogP) is 16.8. The van der Waals surface area contributed by atoms with Crippen LogP contribution < -0.4 is 9.80 Å². The van der Waals surface area contributed by atoms with Gasteiger partial charge in [0.15, 0.2) is 0 Å². The fourth-order valence-corrected chi connectivity index (χ4v) is 9.94. The molecule has 68 heavy (non-hydrogen) atoms. The van der Waals surface area contributed by atoms with E-state index in [4.69, 9.17) is 0 Å². The second kappa shape index (κ2) is 17.2. The van der Waals surface area contributed by atoms with Gasteiger partial charge in [0.2, 0.25) is 0 Å². The largest absolute Gasteiger partial charge is 0.310 e. The molecule has 0 bridgehead atoms. The van der Waals surface area contributed by atoms with Gasteiger partial charge in [0.25, 0.3) is 0 Å². The number of anilines is 6. The van der Waals surface area contributed by atoms with Crippen LogP contribution in [-0.4, -0.2) is 9.13 Å². The highest BCUT2D eigenvalue weighted by Gasteiger charge is 2.20. The summed E-state index contributed by atoms with van der Waals surface area (Å²) in [5.74, 6) is 0. The van der Waals surface area contributed by atoms with Crippen molar-refractivity contribution < 1.29 is 0 Å². The van der Waals surface area contributed by atoms with E-state index >= 15 is 0 Å². The fourth-order valence-electron chi connectivity index (χ4n) is 9.94. The second-order valence-electron chi connectivity index (χ2n) is 16.9. The van der Waals surface area contributed by atoms with Crippen molar-refractivity contribution in [1.29, 1.82) is 5.26 Å². The van der Waals surface area contributed by atoms with Crippen molar-refractivity contribution in [3.05, 3.63) is 272 Å². The molecule has 0 atom stereocenters. The van der Waals surface area contributed by atoms with Gasteiger partial charge in [-0.05, 0) is 138 Å². The first kappa shape index (κ1) is 40.2. The van der Waals surface area contributed by atoms with Gasteiger partial charge in [-0.3, -0.25) is 0 Å². The van der Waals surface area contributed by atoms with E-state index in [2.05, 4.69) is 280 Å². The molecule has 2 heterocycles. The number of aromatic nitrogens is 2. The Bertz CT molecular complexity index is 3500. The number of hydrogen-bond donors (Lipinski definition) is 0. The van der Waals surface area contributed by atoms with Crippen molar-refractivity contribution >= 4 is 83.3 Å². The van der Waals surface area contributed by atoms with Crippen molar-refractivity contribution in [3.8, 4) is 17.4 Å². The first-order chi connectivity index (χ1) is 33.7. The zero-order chi connectivity index (χ0) is 45.4. The van der Waals surface area contributed by atoms with Gasteiger partial charge in [-0.25, -0.2) is 0 Å². The first-order valence-corrected chi connectivity index (χ1v) is 22.9.